The molecule has 1 atom stereocenters. The first-order valence-electron chi connectivity index (χ1n) is 8.41. The summed E-state index contributed by atoms with van der Waals surface area (Å²) in [5, 5.41) is 3.17. The van der Waals surface area contributed by atoms with E-state index in [9.17, 15) is 4.79 Å². The van der Waals surface area contributed by atoms with Crippen molar-refractivity contribution >= 4 is 5.91 Å². The zero-order chi connectivity index (χ0) is 16.8. The molecule has 122 valence electrons. The largest absolute Gasteiger partial charge is 0.349 e. The number of carbonyl (C=O) groups is 1. The standard InChI is InChI=1S/C21H27NO/c1-5-20(19-12-8-16(3)17(4)14-19)22-21(23)13-11-18-9-6-15(2)7-10-18/h6-10,12,14,20H,5,11,13H2,1-4H3,(H,22,23)/t20-/m1/s1. The summed E-state index contributed by atoms with van der Waals surface area (Å²) in [5.41, 5.74) is 6.22. The van der Waals surface area contributed by atoms with Crippen LogP contribution in [0.25, 0.3) is 0 Å². The summed E-state index contributed by atoms with van der Waals surface area (Å²) in [6.45, 7) is 8.41. The average molecular weight is 309 g/mol. The van der Waals surface area contributed by atoms with Gasteiger partial charge in [-0.05, 0) is 55.9 Å². The fourth-order valence-corrected chi connectivity index (χ4v) is 2.68. The number of rotatable bonds is 6. The first-order chi connectivity index (χ1) is 11.0. The van der Waals surface area contributed by atoms with Crippen molar-refractivity contribution in [2.45, 2.75) is 53.0 Å². The fourth-order valence-electron chi connectivity index (χ4n) is 2.68. The van der Waals surface area contributed by atoms with Crippen LogP contribution >= 0.6 is 0 Å². The highest BCUT2D eigenvalue weighted by atomic mass is 16.1. The second-order valence-corrected chi connectivity index (χ2v) is 6.36. The number of carbonyl (C=O) groups excluding carboxylic acids is 1. The molecular weight excluding hydrogens is 282 g/mol. The summed E-state index contributed by atoms with van der Waals surface area (Å²) in [7, 11) is 0. The Morgan fingerprint density at radius 2 is 1.70 bits per heavy atom. The number of benzene rings is 2. The quantitative estimate of drug-likeness (QED) is 0.815. The second kappa shape index (κ2) is 7.96. The van der Waals surface area contributed by atoms with Crippen molar-refractivity contribution in [3.05, 3.63) is 70.3 Å². The van der Waals surface area contributed by atoms with Crippen molar-refractivity contribution in [2.75, 3.05) is 0 Å². The molecule has 0 fully saturated rings. The summed E-state index contributed by atoms with van der Waals surface area (Å²) >= 11 is 0. The van der Waals surface area contributed by atoms with E-state index in [0.717, 1.165) is 12.8 Å². The van der Waals surface area contributed by atoms with E-state index in [0.29, 0.717) is 6.42 Å². The number of hydrogen-bond acceptors (Lipinski definition) is 1. The van der Waals surface area contributed by atoms with Gasteiger partial charge in [-0.25, -0.2) is 0 Å². The maximum atomic E-state index is 12.3. The molecule has 0 radical (unpaired) electrons. The molecule has 0 aliphatic rings. The first-order valence-corrected chi connectivity index (χ1v) is 8.41. The zero-order valence-electron chi connectivity index (χ0n) is 14.6. The number of nitrogens with one attached hydrogen (secondary N) is 1. The molecule has 0 aliphatic carbocycles. The Bertz CT molecular complexity index is 658. The van der Waals surface area contributed by atoms with Crippen molar-refractivity contribution in [2.24, 2.45) is 0 Å². The molecule has 2 rings (SSSR count). The highest BCUT2D eigenvalue weighted by Crippen LogP contribution is 2.20. The minimum absolute atomic E-state index is 0.0971. The minimum atomic E-state index is 0.0971. The SMILES string of the molecule is CC[C@@H](NC(=O)CCc1ccc(C)cc1)c1ccc(C)c(C)c1. The Kier molecular flexibility index (Phi) is 5.97. The van der Waals surface area contributed by atoms with Crippen LogP contribution in [0, 0.1) is 20.8 Å². The van der Waals surface area contributed by atoms with Gasteiger partial charge in [-0.1, -0.05) is 55.0 Å². The first kappa shape index (κ1) is 17.3. The summed E-state index contributed by atoms with van der Waals surface area (Å²) in [6, 6.07) is 14.9. The smallest absolute Gasteiger partial charge is 0.220 e. The number of hydrogen-bond donors (Lipinski definition) is 1. The van der Waals surface area contributed by atoms with Crippen LogP contribution in [0.2, 0.25) is 0 Å². The van der Waals surface area contributed by atoms with Crippen LogP contribution in [0.1, 0.15) is 53.6 Å². The van der Waals surface area contributed by atoms with Gasteiger partial charge in [-0.15, -0.1) is 0 Å². The van der Waals surface area contributed by atoms with E-state index in [1.54, 1.807) is 0 Å². The third kappa shape index (κ3) is 4.95. The summed E-state index contributed by atoms with van der Waals surface area (Å²) in [6.07, 6.45) is 2.22. The van der Waals surface area contributed by atoms with Crippen LogP contribution in [0.3, 0.4) is 0 Å². The van der Waals surface area contributed by atoms with E-state index in [2.05, 4.69) is 75.5 Å². The van der Waals surface area contributed by atoms with Gasteiger partial charge in [0.25, 0.3) is 0 Å². The van der Waals surface area contributed by atoms with Crippen LogP contribution in [0.5, 0.6) is 0 Å². The molecule has 1 N–H and O–H groups in total. The van der Waals surface area contributed by atoms with Gasteiger partial charge in [0, 0.05) is 6.42 Å². The van der Waals surface area contributed by atoms with Gasteiger partial charge in [0.15, 0.2) is 0 Å². The highest BCUT2D eigenvalue weighted by molar-refractivity contribution is 5.76. The molecule has 1 amide bonds. The average Bonchev–Trinajstić information content (AvgIpc) is 2.55. The molecule has 0 spiro atoms. The van der Waals surface area contributed by atoms with Gasteiger partial charge in [-0.2, -0.15) is 0 Å². The lowest BCUT2D eigenvalue weighted by Crippen LogP contribution is -2.28. The molecule has 0 unspecified atom stereocenters. The van der Waals surface area contributed by atoms with Gasteiger partial charge in [0.1, 0.15) is 0 Å². The van der Waals surface area contributed by atoms with Gasteiger partial charge < -0.3 is 5.32 Å². The fraction of sp³-hybridized carbons (Fsp3) is 0.381. The van der Waals surface area contributed by atoms with E-state index >= 15 is 0 Å². The Balaban J connectivity index is 1.94. The van der Waals surface area contributed by atoms with E-state index in [-0.39, 0.29) is 11.9 Å². The predicted molar refractivity (Wildman–Crippen MR) is 96.6 cm³/mol. The molecule has 2 heteroatoms. The molecule has 2 aromatic carbocycles. The monoisotopic (exact) mass is 309 g/mol. The van der Waals surface area contributed by atoms with Crippen LogP contribution in [-0.4, -0.2) is 5.91 Å². The Labute approximate surface area is 139 Å². The third-order valence-corrected chi connectivity index (χ3v) is 4.44. The molecule has 23 heavy (non-hydrogen) atoms. The maximum absolute atomic E-state index is 12.3. The summed E-state index contributed by atoms with van der Waals surface area (Å²) in [5.74, 6) is 0.121. The van der Waals surface area contributed by atoms with Gasteiger partial charge in [-0.3, -0.25) is 4.79 Å². The van der Waals surface area contributed by atoms with Crippen molar-refractivity contribution in [1.29, 1.82) is 0 Å². The topological polar surface area (TPSA) is 29.1 Å². The highest BCUT2D eigenvalue weighted by Gasteiger charge is 2.13. The molecule has 2 nitrogen and oxygen atoms in total. The van der Waals surface area contributed by atoms with E-state index in [1.807, 2.05) is 0 Å². The molecule has 0 heterocycles. The molecule has 0 aliphatic heterocycles. The van der Waals surface area contributed by atoms with Crippen LogP contribution in [0.15, 0.2) is 42.5 Å². The Hall–Kier alpha value is -2.09. The van der Waals surface area contributed by atoms with Gasteiger partial charge in [0.2, 0.25) is 5.91 Å². The van der Waals surface area contributed by atoms with E-state index < -0.39 is 0 Å². The van der Waals surface area contributed by atoms with Gasteiger partial charge >= 0.3 is 0 Å². The van der Waals surface area contributed by atoms with Crippen molar-refractivity contribution in [3.8, 4) is 0 Å². The van der Waals surface area contributed by atoms with Gasteiger partial charge in [0.05, 0.1) is 6.04 Å². The van der Waals surface area contributed by atoms with Crippen LogP contribution in [0.4, 0.5) is 0 Å². The number of aryl methyl sites for hydroxylation is 4. The third-order valence-electron chi connectivity index (χ3n) is 4.44. The minimum Gasteiger partial charge on any atom is -0.349 e. The van der Waals surface area contributed by atoms with E-state index in [4.69, 9.17) is 0 Å². The van der Waals surface area contributed by atoms with Crippen molar-refractivity contribution in [1.82, 2.24) is 5.32 Å². The lowest BCUT2D eigenvalue weighted by molar-refractivity contribution is -0.121. The van der Waals surface area contributed by atoms with E-state index in [1.165, 1.54) is 27.8 Å². The normalized spacial score (nSPS) is 12.0. The Morgan fingerprint density at radius 1 is 1.00 bits per heavy atom. The molecule has 0 saturated heterocycles. The predicted octanol–water partition coefficient (Wildman–Crippen LogP) is 4.81. The molecule has 0 bridgehead atoms. The number of amides is 1. The zero-order valence-corrected chi connectivity index (χ0v) is 14.6. The molecule has 2 aromatic rings. The molecular formula is C21H27NO. The van der Waals surface area contributed by atoms with Crippen LogP contribution in [-0.2, 0) is 11.2 Å². The molecule has 0 aromatic heterocycles. The summed E-state index contributed by atoms with van der Waals surface area (Å²) in [4.78, 5) is 12.3. The van der Waals surface area contributed by atoms with Crippen molar-refractivity contribution in [3.63, 3.8) is 0 Å². The molecule has 0 saturated carbocycles. The lowest BCUT2D eigenvalue weighted by Gasteiger charge is -2.18. The maximum Gasteiger partial charge on any atom is 0.220 e. The van der Waals surface area contributed by atoms with Crippen molar-refractivity contribution < 1.29 is 4.79 Å². The Morgan fingerprint density at radius 3 is 2.30 bits per heavy atom. The van der Waals surface area contributed by atoms with Crippen LogP contribution < -0.4 is 5.32 Å². The summed E-state index contributed by atoms with van der Waals surface area (Å²) < 4.78 is 0. The second-order valence-electron chi connectivity index (χ2n) is 6.36. The lowest BCUT2D eigenvalue weighted by atomic mass is 9.99.